The third-order valence-corrected chi connectivity index (χ3v) is 3.98. The first kappa shape index (κ1) is 13.9. The van der Waals surface area contributed by atoms with E-state index in [9.17, 15) is 0 Å². The largest absolute Gasteiger partial charge is 0.384 e. The van der Waals surface area contributed by atoms with E-state index < -0.39 is 0 Å². The first-order valence-electron chi connectivity index (χ1n) is 6.17. The third-order valence-electron chi connectivity index (χ3n) is 2.89. The van der Waals surface area contributed by atoms with Gasteiger partial charge in [-0.2, -0.15) is 0 Å². The number of aromatic nitrogens is 2. The summed E-state index contributed by atoms with van der Waals surface area (Å²) in [5, 5.41) is 10.7. The number of benzene rings is 1. The normalized spacial score (nSPS) is 10.7. The van der Waals surface area contributed by atoms with E-state index in [0.717, 1.165) is 21.0 Å². The Labute approximate surface area is 130 Å². The lowest BCUT2D eigenvalue weighted by Gasteiger charge is -2.08. The molecule has 2 heterocycles. The van der Waals surface area contributed by atoms with Gasteiger partial charge in [0, 0.05) is 17.1 Å². The van der Waals surface area contributed by atoms with Crippen molar-refractivity contribution in [1.29, 1.82) is 5.41 Å². The summed E-state index contributed by atoms with van der Waals surface area (Å²) in [4.78, 5) is 8.81. The van der Waals surface area contributed by atoms with Gasteiger partial charge in [-0.1, -0.05) is 41.6 Å². The highest BCUT2D eigenvalue weighted by molar-refractivity contribution is 7.99. The van der Waals surface area contributed by atoms with Gasteiger partial charge in [0.2, 0.25) is 0 Å². The summed E-state index contributed by atoms with van der Waals surface area (Å²) in [7, 11) is 0. The summed E-state index contributed by atoms with van der Waals surface area (Å²) in [6.45, 7) is 0. The lowest BCUT2D eigenvalue weighted by molar-refractivity contribution is 1.11. The van der Waals surface area contributed by atoms with Crippen LogP contribution < -0.4 is 5.73 Å². The average Bonchev–Trinajstić information content (AvgIpc) is 2.48. The third kappa shape index (κ3) is 2.99. The number of hydrogen-bond donors (Lipinski definition) is 2. The summed E-state index contributed by atoms with van der Waals surface area (Å²) >= 11 is 7.24. The van der Waals surface area contributed by atoms with Crippen LogP contribution in [0.1, 0.15) is 5.56 Å². The second kappa shape index (κ2) is 5.71. The molecule has 6 heteroatoms. The van der Waals surface area contributed by atoms with Gasteiger partial charge in [-0.25, -0.2) is 9.97 Å². The van der Waals surface area contributed by atoms with E-state index in [2.05, 4.69) is 9.97 Å². The van der Waals surface area contributed by atoms with Gasteiger partial charge < -0.3 is 5.73 Å². The van der Waals surface area contributed by atoms with Crippen molar-refractivity contribution in [3.05, 3.63) is 59.2 Å². The quantitative estimate of drug-likeness (QED) is 0.570. The minimum atomic E-state index is 0.0273. The highest BCUT2D eigenvalue weighted by Gasteiger charge is 2.09. The molecule has 0 amide bonds. The Balaban J connectivity index is 2.06. The molecule has 3 aromatic rings. The average molecular weight is 315 g/mol. The van der Waals surface area contributed by atoms with E-state index in [1.807, 2.05) is 36.4 Å². The Morgan fingerprint density at radius 2 is 1.95 bits per heavy atom. The number of nitrogens with zero attached hydrogens (tertiary/aromatic N) is 2. The molecule has 4 nitrogen and oxygen atoms in total. The van der Waals surface area contributed by atoms with Crippen LogP contribution in [-0.4, -0.2) is 15.8 Å². The van der Waals surface area contributed by atoms with Crippen molar-refractivity contribution in [3.63, 3.8) is 0 Å². The van der Waals surface area contributed by atoms with E-state index in [0.29, 0.717) is 10.6 Å². The van der Waals surface area contributed by atoms with Crippen LogP contribution in [0.15, 0.2) is 58.7 Å². The number of pyridine rings is 2. The van der Waals surface area contributed by atoms with Crippen molar-refractivity contribution in [3.8, 4) is 0 Å². The summed E-state index contributed by atoms with van der Waals surface area (Å²) in [5.41, 5.74) is 7.16. The van der Waals surface area contributed by atoms with Crippen molar-refractivity contribution in [2.45, 2.75) is 10.1 Å². The summed E-state index contributed by atoms with van der Waals surface area (Å²) in [6.07, 6.45) is 1.59. The fraction of sp³-hybridized carbons (Fsp3) is 0. The minimum absolute atomic E-state index is 0.0273. The van der Waals surface area contributed by atoms with Gasteiger partial charge >= 0.3 is 0 Å². The molecule has 0 bridgehead atoms. The fourth-order valence-corrected chi connectivity index (χ4v) is 2.84. The molecule has 0 unspecified atom stereocenters. The van der Waals surface area contributed by atoms with Gasteiger partial charge in [-0.05, 0) is 24.3 Å². The molecule has 0 atom stereocenters. The van der Waals surface area contributed by atoms with Gasteiger partial charge in [0.05, 0.1) is 10.5 Å². The van der Waals surface area contributed by atoms with Crippen LogP contribution in [0.5, 0.6) is 0 Å². The molecular weight excluding hydrogens is 304 g/mol. The molecule has 0 aliphatic carbocycles. The predicted octanol–water partition coefficient (Wildman–Crippen LogP) is 3.72. The molecule has 104 valence electrons. The summed E-state index contributed by atoms with van der Waals surface area (Å²) < 4.78 is 0. The zero-order chi connectivity index (χ0) is 14.8. The van der Waals surface area contributed by atoms with Crippen LogP contribution in [0.3, 0.4) is 0 Å². The Hall–Kier alpha value is -2.11. The molecule has 3 rings (SSSR count). The number of para-hydroxylation sites is 1. The summed E-state index contributed by atoms with van der Waals surface area (Å²) in [5.74, 6) is 0.0273. The van der Waals surface area contributed by atoms with Crippen LogP contribution >= 0.6 is 23.4 Å². The number of nitrogens with one attached hydrogen (secondary N) is 1. The Kier molecular flexibility index (Phi) is 3.77. The van der Waals surface area contributed by atoms with Crippen molar-refractivity contribution in [1.82, 2.24) is 9.97 Å². The molecular formula is C15H11ClN4S. The van der Waals surface area contributed by atoms with Crippen LogP contribution in [0.2, 0.25) is 5.02 Å². The van der Waals surface area contributed by atoms with Gasteiger partial charge in [0.25, 0.3) is 0 Å². The van der Waals surface area contributed by atoms with Gasteiger partial charge in [0.15, 0.2) is 0 Å². The van der Waals surface area contributed by atoms with Crippen molar-refractivity contribution < 1.29 is 0 Å². The molecule has 0 spiro atoms. The highest BCUT2D eigenvalue weighted by atomic mass is 35.5. The maximum Gasteiger partial charge on any atom is 0.123 e. The molecule has 0 aliphatic rings. The second-order valence-electron chi connectivity index (χ2n) is 4.36. The van der Waals surface area contributed by atoms with E-state index in [4.69, 9.17) is 22.7 Å². The van der Waals surface area contributed by atoms with E-state index in [-0.39, 0.29) is 5.84 Å². The molecule has 0 saturated carbocycles. The highest BCUT2D eigenvalue weighted by Crippen LogP contribution is 2.28. The number of nitrogen functional groups attached to an aromatic ring is 1. The zero-order valence-electron chi connectivity index (χ0n) is 10.9. The first-order valence-corrected chi connectivity index (χ1v) is 7.36. The molecule has 3 N–H and O–H groups in total. The monoisotopic (exact) mass is 314 g/mol. The van der Waals surface area contributed by atoms with E-state index in [1.54, 1.807) is 12.3 Å². The van der Waals surface area contributed by atoms with Gasteiger partial charge in [-0.3, -0.25) is 5.41 Å². The zero-order valence-corrected chi connectivity index (χ0v) is 12.4. The molecule has 2 aromatic heterocycles. The van der Waals surface area contributed by atoms with Crippen LogP contribution in [-0.2, 0) is 0 Å². The Bertz CT molecular complexity index is 818. The number of rotatable bonds is 3. The first-order chi connectivity index (χ1) is 10.1. The van der Waals surface area contributed by atoms with Crippen molar-refractivity contribution in [2.24, 2.45) is 5.73 Å². The molecule has 0 saturated heterocycles. The number of nitrogens with two attached hydrogens (primary N) is 1. The maximum absolute atomic E-state index is 7.73. The minimum Gasteiger partial charge on any atom is -0.384 e. The standard InChI is InChI=1S/C15H11ClN4S/c16-9-5-6-13(19-8-9)21-14-7-11(15(17)18)10-3-1-2-4-12(10)20-14/h1-8H,(H3,17,18). The molecule has 0 radical (unpaired) electrons. The second-order valence-corrected chi connectivity index (χ2v) is 5.83. The predicted molar refractivity (Wildman–Crippen MR) is 86.1 cm³/mol. The number of hydrogen-bond acceptors (Lipinski definition) is 4. The topological polar surface area (TPSA) is 75.7 Å². The fourth-order valence-electron chi connectivity index (χ4n) is 1.96. The van der Waals surface area contributed by atoms with Crippen LogP contribution in [0.4, 0.5) is 0 Å². The van der Waals surface area contributed by atoms with Gasteiger partial charge in [-0.15, -0.1) is 0 Å². The summed E-state index contributed by atoms with van der Waals surface area (Å²) in [6, 6.07) is 13.1. The van der Waals surface area contributed by atoms with Gasteiger partial charge in [0.1, 0.15) is 15.9 Å². The lowest BCUT2D eigenvalue weighted by Crippen LogP contribution is -2.12. The maximum atomic E-state index is 7.73. The van der Waals surface area contributed by atoms with E-state index in [1.165, 1.54) is 11.8 Å². The SMILES string of the molecule is N=C(N)c1cc(Sc2ccc(Cl)cn2)nc2ccccc12. The Morgan fingerprint density at radius 3 is 2.67 bits per heavy atom. The number of fused-ring (bicyclic) bond motifs is 1. The lowest BCUT2D eigenvalue weighted by atomic mass is 10.1. The number of amidine groups is 1. The van der Waals surface area contributed by atoms with Crippen molar-refractivity contribution >= 4 is 40.1 Å². The Morgan fingerprint density at radius 1 is 1.14 bits per heavy atom. The smallest absolute Gasteiger partial charge is 0.123 e. The van der Waals surface area contributed by atoms with E-state index >= 15 is 0 Å². The molecule has 0 fully saturated rings. The van der Waals surface area contributed by atoms with Crippen LogP contribution in [0.25, 0.3) is 10.9 Å². The molecule has 0 aliphatic heterocycles. The molecule has 21 heavy (non-hydrogen) atoms. The number of halogens is 1. The molecule has 1 aromatic carbocycles. The van der Waals surface area contributed by atoms with Crippen LogP contribution in [0, 0.1) is 5.41 Å². The van der Waals surface area contributed by atoms with Crippen molar-refractivity contribution in [2.75, 3.05) is 0 Å².